The monoisotopic (exact) mass is 472 g/mol. The molecule has 2 aliphatic heterocycles. The fourth-order valence-corrected chi connectivity index (χ4v) is 5.52. The fourth-order valence-electron chi connectivity index (χ4n) is 5.52. The number of pyridine rings is 1. The van der Waals surface area contributed by atoms with Crippen molar-refractivity contribution in [2.75, 3.05) is 33.4 Å². The van der Waals surface area contributed by atoms with Crippen molar-refractivity contribution in [2.45, 2.75) is 44.6 Å². The van der Waals surface area contributed by atoms with Crippen LogP contribution in [0.4, 0.5) is 0 Å². The molecule has 2 aliphatic rings. The number of methoxy groups -OCH3 is 1. The zero-order chi connectivity index (χ0) is 23.9. The number of nitrogens with zero attached hydrogens (tertiary/aromatic N) is 5. The van der Waals surface area contributed by atoms with Gasteiger partial charge < -0.3 is 9.47 Å². The van der Waals surface area contributed by atoms with E-state index in [-0.39, 0.29) is 5.92 Å². The third-order valence-corrected chi connectivity index (χ3v) is 7.50. The largest absolute Gasteiger partial charge is 0.493 e. The number of aromatic nitrogens is 5. The molecule has 0 saturated carbocycles. The highest BCUT2D eigenvalue weighted by molar-refractivity contribution is 5.76. The van der Waals surface area contributed by atoms with Crippen LogP contribution in [-0.2, 0) is 4.74 Å². The molecule has 0 bridgehead atoms. The van der Waals surface area contributed by atoms with Crippen molar-refractivity contribution in [3.05, 3.63) is 54.0 Å². The Labute approximate surface area is 205 Å². The molecule has 0 radical (unpaired) electrons. The first-order valence-corrected chi connectivity index (χ1v) is 12.5. The van der Waals surface area contributed by atoms with E-state index < -0.39 is 0 Å². The molecule has 1 N–H and O–H groups in total. The molecule has 0 amide bonds. The minimum Gasteiger partial charge on any atom is -0.493 e. The Kier molecular flexibility index (Phi) is 5.78. The van der Waals surface area contributed by atoms with Crippen molar-refractivity contribution in [2.24, 2.45) is 0 Å². The first-order chi connectivity index (χ1) is 17.1. The van der Waals surface area contributed by atoms with Crippen LogP contribution in [0.25, 0.3) is 28.2 Å². The Hall–Kier alpha value is -3.23. The van der Waals surface area contributed by atoms with Crippen molar-refractivity contribution in [3.63, 3.8) is 0 Å². The number of H-pyrrole nitrogens is 1. The van der Waals surface area contributed by atoms with Gasteiger partial charge >= 0.3 is 0 Å². The predicted molar refractivity (Wildman–Crippen MR) is 135 cm³/mol. The summed E-state index contributed by atoms with van der Waals surface area (Å²) in [7, 11) is 1.65. The van der Waals surface area contributed by atoms with Crippen molar-refractivity contribution in [1.82, 2.24) is 29.7 Å². The van der Waals surface area contributed by atoms with Gasteiger partial charge in [0, 0.05) is 61.2 Å². The number of hydrogen-bond donors (Lipinski definition) is 1. The average molecular weight is 473 g/mol. The van der Waals surface area contributed by atoms with Crippen LogP contribution in [0.2, 0.25) is 0 Å². The molecule has 3 aromatic heterocycles. The quantitative estimate of drug-likeness (QED) is 0.445. The first kappa shape index (κ1) is 22.2. The molecule has 0 unspecified atom stereocenters. The Morgan fingerprint density at radius 2 is 1.86 bits per heavy atom. The van der Waals surface area contributed by atoms with Gasteiger partial charge in [0.15, 0.2) is 11.4 Å². The molecule has 1 aromatic carbocycles. The Bertz CT molecular complexity index is 1310. The van der Waals surface area contributed by atoms with Crippen molar-refractivity contribution in [3.8, 4) is 28.3 Å². The van der Waals surface area contributed by atoms with E-state index in [1.54, 1.807) is 11.6 Å². The molecule has 8 heteroatoms. The van der Waals surface area contributed by atoms with E-state index >= 15 is 0 Å². The lowest BCUT2D eigenvalue weighted by molar-refractivity contribution is 0.00163. The highest BCUT2D eigenvalue weighted by Gasteiger charge is 2.34. The number of benzene rings is 1. The first-order valence-electron chi connectivity index (χ1n) is 12.5. The van der Waals surface area contributed by atoms with Gasteiger partial charge in [-0.25, -0.2) is 9.50 Å². The maximum absolute atomic E-state index is 5.57. The van der Waals surface area contributed by atoms with E-state index in [4.69, 9.17) is 14.6 Å². The van der Waals surface area contributed by atoms with Gasteiger partial charge in [0.25, 0.3) is 0 Å². The van der Waals surface area contributed by atoms with Crippen LogP contribution in [0.3, 0.4) is 0 Å². The number of nitrogens with one attached hydrogen (secondary N) is 1. The zero-order valence-electron chi connectivity index (χ0n) is 20.6. The van der Waals surface area contributed by atoms with Gasteiger partial charge in [-0.3, -0.25) is 10.00 Å². The fraction of sp³-hybridized carbons (Fsp3) is 0.444. The van der Waals surface area contributed by atoms with Crippen LogP contribution in [0.1, 0.15) is 49.7 Å². The number of rotatable bonds is 6. The predicted octanol–water partition coefficient (Wildman–Crippen LogP) is 4.50. The van der Waals surface area contributed by atoms with Crippen molar-refractivity contribution in [1.29, 1.82) is 0 Å². The summed E-state index contributed by atoms with van der Waals surface area (Å²) in [6.07, 6.45) is 5.84. The van der Waals surface area contributed by atoms with E-state index in [0.29, 0.717) is 23.4 Å². The van der Waals surface area contributed by atoms with Gasteiger partial charge in [-0.1, -0.05) is 38.1 Å². The van der Waals surface area contributed by atoms with Gasteiger partial charge in [-0.2, -0.15) is 10.2 Å². The van der Waals surface area contributed by atoms with Gasteiger partial charge in [-0.15, -0.1) is 0 Å². The molecule has 5 heterocycles. The van der Waals surface area contributed by atoms with E-state index in [1.165, 1.54) is 30.3 Å². The summed E-state index contributed by atoms with van der Waals surface area (Å²) in [6, 6.07) is 11.7. The number of likely N-dealkylation sites (tertiary alicyclic amines) is 1. The Balaban J connectivity index is 1.26. The van der Waals surface area contributed by atoms with E-state index in [0.717, 1.165) is 48.8 Å². The second-order valence-electron chi connectivity index (χ2n) is 9.96. The molecule has 4 aromatic rings. The lowest BCUT2D eigenvalue weighted by Gasteiger charge is -2.46. The summed E-state index contributed by atoms with van der Waals surface area (Å²) < 4.78 is 12.8. The number of ether oxygens (including phenoxy) is 2. The second kappa shape index (κ2) is 9.09. The summed E-state index contributed by atoms with van der Waals surface area (Å²) in [5.74, 6) is 1.59. The number of fused-ring (bicyclic) bond motifs is 1. The number of hydrogen-bond acceptors (Lipinski definition) is 6. The van der Waals surface area contributed by atoms with Crippen LogP contribution in [0, 0.1) is 0 Å². The zero-order valence-corrected chi connectivity index (χ0v) is 20.6. The van der Waals surface area contributed by atoms with Gasteiger partial charge in [0.05, 0.1) is 18.5 Å². The Morgan fingerprint density at radius 3 is 2.57 bits per heavy atom. The minimum absolute atomic E-state index is 0.288. The summed E-state index contributed by atoms with van der Waals surface area (Å²) in [5, 5.41) is 12.4. The molecule has 2 fully saturated rings. The molecule has 6 rings (SSSR count). The third kappa shape index (κ3) is 4.00. The highest BCUT2D eigenvalue weighted by atomic mass is 16.5. The standard InChI is InChI=1S/C27H32N6O2/c1-17(2)24-25(30-31-26(24)20-12-23(34-3)27-28-16-29-33(27)15-20)19-6-4-18(5-7-19)21-13-32(14-21)22-8-10-35-11-9-22/h4-7,12,15-17,21-22H,8-11,13-14H2,1-3H3,(H,30,31). The van der Waals surface area contributed by atoms with Crippen LogP contribution in [0.15, 0.2) is 42.9 Å². The van der Waals surface area contributed by atoms with Gasteiger partial charge in [0.1, 0.15) is 6.33 Å². The second-order valence-corrected chi connectivity index (χ2v) is 9.96. The molecule has 2 saturated heterocycles. The maximum atomic E-state index is 5.57. The van der Waals surface area contributed by atoms with Crippen LogP contribution in [-0.4, -0.2) is 69.2 Å². The average Bonchev–Trinajstić information content (AvgIpc) is 3.51. The molecule has 0 spiro atoms. The smallest absolute Gasteiger partial charge is 0.197 e. The van der Waals surface area contributed by atoms with E-state index in [2.05, 4.69) is 58.2 Å². The lowest BCUT2D eigenvalue weighted by atomic mass is 9.87. The summed E-state index contributed by atoms with van der Waals surface area (Å²) in [4.78, 5) is 6.92. The molecular weight excluding hydrogens is 440 g/mol. The van der Waals surface area contributed by atoms with Gasteiger partial charge in [-0.05, 0) is 30.4 Å². The summed E-state index contributed by atoms with van der Waals surface area (Å²) >= 11 is 0. The summed E-state index contributed by atoms with van der Waals surface area (Å²) in [6.45, 7) is 8.53. The maximum Gasteiger partial charge on any atom is 0.197 e. The van der Waals surface area contributed by atoms with Crippen molar-refractivity contribution < 1.29 is 9.47 Å². The Morgan fingerprint density at radius 1 is 1.09 bits per heavy atom. The van der Waals surface area contributed by atoms with Crippen LogP contribution >= 0.6 is 0 Å². The highest BCUT2D eigenvalue weighted by Crippen LogP contribution is 2.38. The normalized spacial score (nSPS) is 17.8. The number of aromatic amines is 1. The SMILES string of the molecule is COc1cc(-c2[nH]nc(-c3ccc(C4CN(C5CCOCC5)C4)cc3)c2C(C)C)cn2ncnc12. The summed E-state index contributed by atoms with van der Waals surface area (Å²) in [5.41, 5.74) is 7.39. The van der Waals surface area contributed by atoms with Crippen molar-refractivity contribution >= 4 is 5.65 Å². The molecule has 0 aliphatic carbocycles. The molecular formula is C27H32N6O2. The topological polar surface area (TPSA) is 80.6 Å². The lowest BCUT2D eigenvalue weighted by Crippen LogP contribution is -2.52. The van der Waals surface area contributed by atoms with Crippen LogP contribution < -0.4 is 4.74 Å². The van der Waals surface area contributed by atoms with Crippen LogP contribution in [0.5, 0.6) is 5.75 Å². The van der Waals surface area contributed by atoms with E-state index in [1.807, 2.05) is 12.3 Å². The van der Waals surface area contributed by atoms with Gasteiger partial charge in [0.2, 0.25) is 0 Å². The van der Waals surface area contributed by atoms with E-state index in [9.17, 15) is 0 Å². The molecule has 8 nitrogen and oxygen atoms in total. The third-order valence-electron chi connectivity index (χ3n) is 7.50. The molecule has 182 valence electrons. The minimum atomic E-state index is 0.288. The molecule has 35 heavy (non-hydrogen) atoms. The molecule has 0 atom stereocenters.